The predicted molar refractivity (Wildman–Crippen MR) is 256 cm³/mol. The Hall–Kier alpha value is -7.00. The molecular formula is C51H54FN7O8S. The fourth-order valence-corrected chi connectivity index (χ4v) is 8.69. The second-order valence-corrected chi connectivity index (χ2v) is 18.7. The molecule has 0 radical (unpaired) electrons. The zero-order chi connectivity index (χ0) is 48.8. The summed E-state index contributed by atoms with van der Waals surface area (Å²) in [5.74, 6) is -1.06. The minimum Gasteiger partial charge on any atom is -0.494 e. The number of halogens is 1. The van der Waals surface area contributed by atoms with Gasteiger partial charge in [-0.1, -0.05) is 69.3 Å². The molecule has 0 bridgehead atoms. The van der Waals surface area contributed by atoms with Crippen LogP contribution in [0.2, 0.25) is 0 Å². The number of nitrogens with zero attached hydrogens (tertiary/aromatic N) is 5. The number of benzene rings is 4. The molecule has 5 aromatic rings. The molecule has 0 unspecified atom stereocenters. The number of anilines is 2. The van der Waals surface area contributed by atoms with Gasteiger partial charge in [-0.15, -0.1) is 0 Å². The van der Waals surface area contributed by atoms with Gasteiger partial charge in [-0.2, -0.15) is 5.26 Å². The van der Waals surface area contributed by atoms with Crippen LogP contribution in [0.25, 0.3) is 22.5 Å². The number of aromatic nitrogens is 1. The summed E-state index contributed by atoms with van der Waals surface area (Å²) in [6.45, 7) is 9.62. The molecule has 68 heavy (non-hydrogen) atoms. The van der Waals surface area contributed by atoms with Crippen molar-refractivity contribution in [1.29, 1.82) is 5.26 Å². The van der Waals surface area contributed by atoms with Crippen LogP contribution in [0.5, 0.6) is 5.75 Å². The van der Waals surface area contributed by atoms with Crippen molar-refractivity contribution in [3.05, 3.63) is 121 Å². The first-order valence-corrected chi connectivity index (χ1v) is 22.7. The van der Waals surface area contributed by atoms with Crippen LogP contribution in [0.1, 0.15) is 65.0 Å². The first-order chi connectivity index (χ1) is 32.5. The average molecular weight is 944 g/mol. The Morgan fingerprint density at radius 3 is 2.25 bits per heavy atom. The molecular weight excluding hydrogens is 890 g/mol. The summed E-state index contributed by atoms with van der Waals surface area (Å²) in [6, 6.07) is 26.6. The molecule has 2 aliphatic heterocycles. The van der Waals surface area contributed by atoms with E-state index in [1.807, 2.05) is 93.6 Å². The number of oxazole rings is 1. The number of hydrogen-bond donors (Lipinski definition) is 3. The van der Waals surface area contributed by atoms with Crippen LogP contribution < -0.4 is 25.2 Å². The SMILES string of the molecule is CC(C)(C)[C@H](NC(=O)COCCCCOc1ccc(-c2ccc(N3C(=S)N(c4ccc(C#N)c(F)c4)C(=O)C3(C)C)cc2)cc1)C(=O)N1C[C@H](O)C[C@H]1C(=O)NCc1ccc(-c2cnco2)cc1. The number of aliphatic hydroxyl groups excluding tert-OH is 1. The van der Waals surface area contributed by atoms with E-state index in [4.69, 9.17) is 31.4 Å². The standard InChI is InChI=1S/C51H54FN7O8S/c1-50(2,3)45(47(63)57-29-39(60)25-42(57)46(62)55-27-32-8-10-35(11-9-32)43-28-54-31-67-43)56-44(61)30-65-22-6-7-23-66-40-20-15-34(16-21-40)33-12-17-37(18-13-33)59-49(68)58(48(64)51(59,4)5)38-19-14-36(26-53)41(52)24-38/h8-21,24,28,31,39,42,45,60H,6-7,22-23,25,27,29-30H2,1-5H3,(H,55,62)(H,56,61)/t39-,42+,45-/m1/s1. The number of thiocarbonyl (C=S) groups is 1. The van der Waals surface area contributed by atoms with E-state index >= 15 is 0 Å². The van der Waals surface area contributed by atoms with Crippen LogP contribution in [-0.4, -0.2) is 93.8 Å². The topological polar surface area (TPSA) is 191 Å². The molecule has 15 nitrogen and oxygen atoms in total. The Labute approximate surface area is 399 Å². The van der Waals surface area contributed by atoms with Crippen molar-refractivity contribution in [2.75, 3.05) is 36.2 Å². The van der Waals surface area contributed by atoms with Gasteiger partial charge in [0.1, 0.15) is 41.9 Å². The van der Waals surface area contributed by atoms with Crippen molar-refractivity contribution >= 4 is 52.3 Å². The van der Waals surface area contributed by atoms with Crippen LogP contribution >= 0.6 is 12.2 Å². The molecule has 0 saturated carbocycles. The van der Waals surface area contributed by atoms with Gasteiger partial charge in [-0.3, -0.25) is 24.1 Å². The normalized spacial score (nSPS) is 17.2. The molecule has 2 aliphatic rings. The molecule has 2 saturated heterocycles. The van der Waals surface area contributed by atoms with Gasteiger partial charge in [0, 0.05) is 37.4 Å². The van der Waals surface area contributed by atoms with Crippen molar-refractivity contribution in [1.82, 2.24) is 20.5 Å². The molecule has 2 fully saturated rings. The van der Waals surface area contributed by atoms with E-state index in [0.717, 1.165) is 28.3 Å². The van der Waals surface area contributed by atoms with E-state index in [1.165, 1.54) is 28.3 Å². The number of ether oxygens (including phenoxy) is 2. The zero-order valence-electron chi connectivity index (χ0n) is 38.5. The lowest BCUT2D eigenvalue weighted by molar-refractivity contribution is -0.144. The summed E-state index contributed by atoms with van der Waals surface area (Å²) < 4.78 is 31.4. The summed E-state index contributed by atoms with van der Waals surface area (Å²) in [4.78, 5) is 62.2. The molecule has 7 rings (SSSR count). The van der Waals surface area contributed by atoms with Crippen LogP contribution in [0.15, 0.2) is 108 Å². The monoisotopic (exact) mass is 943 g/mol. The molecule has 3 atom stereocenters. The Morgan fingerprint density at radius 2 is 1.62 bits per heavy atom. The summed E-state index contributed by atoms with van der Waals surface area (Å²) in [7, 11) is 0. The van der Waals surface area contributed by atoms with E-state index in [2.05, 4.69) is 15.6 Å². The number of carbonyl (C=O) groups is 4. The van der Waals surface area contributed by atoms with Crippen molar-refractivity contribution in [2.24, 2.45) is 5.41 Å². The van der Waals surface area contributed by atoms with Crippen LogP contribution in [0, 0.1) is 22.6 Å². The Bertz CT molecular complexity index is 2670. The minimum absolute atomic E-state index is 0.0319. The second-order valence-electron chi connectivity index (χ2n) is 18.3. The molecule has 1 aromatic heterocycles. The van der Waals surface area contributed by atoms with Crippen molar-refractivity contribution in [3.8, 4) is 34.3 Å². The lowest BCUT2D eigenvalue weighted by atomic mass is 9.85. The highest BCUT2D eigenvalue weighted by Gasteiger charge is 2.50. The smallest absolute Gasteiger partial charge is 0.259 e. The molecule has 3 heterocycles. The molecule has 0 spiro atoms. The average Bonchev–Trinajstić information content (AvgIpc) is 4.04. The van der Waals surface area contributed by atoms with E-state index < -0.39 is 52.7 Å². The van der Waals surface area contributed by atoms with Gasteiger partial charge in [0.15, 0.2) is 17.3 Å². The third-order valence-electron chi connectivity index (χ3n) is 11.9. The fraction of sp³-hybridized carbons (Fsp3) is 0.353. The lowest BCUT2D eigenvalue weighted by Gasteiger charge is -2.35. The maximum Gasteiger partial charge on any atom is 0.259 e. The number of β-amino-alcohol motifs (C(OH)–C–C–N with tert-alkyl or cyclic N) is 1. The number of hydrogen-bond acceptors (Lipinski definition) is 11. The van der Waals surface area contributed by atoms with Crippen LogP contribution in [0.3, 0.4) is 0 Å². The van der Waals surface area contributed by atoms with E-state index in [0.29, 0.717) is 43.3 Å². The van der Waals surface area contributed by atoms with E-state index in [1.54, 1.807) is 31.0 Å². The Morgan fingerprint density at radius 1 is 0.971 bits per heavy atom. The van der Waals surface area contributed by atoms with Gasteiger partial charge in [-0.05, 0) is 103 Å². The third-order valence-corrected chi connectivity index (χ3v) is 12.3. The van der Waals surface area contributed by atoms with Crippen LogP contribution in [-0.2, 0) is 30.5 Å². The van der Waals surface area contributed by atoms with E-state index in [-0.39, 0.29) is 48.4 Å². The number of likely N-dealkylation sites (tertiary alicyclic amines) is 1. The molecule has 0 aliphatic carbocycles. The highest BCUT2D eigenvalue weighted by molar-refractivity contribution is 7.81. The Kier molecular flexibility index (Phi) is 15.0. The zero-order valence-corrected chi connectivity index (χ0v) is 39.3. The van der Waals surface area contributed by atoms with Gasteiger partial charge in [0.05, 0.1) is 30.2 Å². The van der Waals surface area contributed by atoms with Crippen LogP contribution in [0.4, 0.5) is 15.8 Å². The van der Waals surface area contributed by atoms with Gasteiger partial charge >= 0.3 is 0 Å². The number of amides is 4. The van der Waals surface area contributed by atoms with Crippen molar-refractivity contribution in [3.63, 3.8) is 0 Å². The summed E-state index contributed by atoms with van der Waals surface area (Å²) in [5, 5.41) is 25.6. The van der Waals surface area contributed by atoms with Crippen molar-refractivity contribution in [2.45, 2.75) is 84.2 Å². The fourth-order valence-electron chi connectivity index (χ4n) is 8.17. The number of rotatable bonds is 17. The first-order valence-electron chi connectivity index (χ1n) is 22.3. The summed E-state index contributed by atoms with van der Waals surface area (Å²) >= 11 is 5.73. The number of aliphatic hydroxyl groups is 1. The lowest BCUT2D eigenvalue weighted by Crippen LogP contribution is -2.58. The quantitative estimate of drug-likeness (QED) is 0.0646. The van der Waals surface area contributed by atoms with Gasteiger partial charge in [0.25, 0.3) is 5.91 Å². The second kappa shape index (κ2) is 20.9. The Balaban J connectivity index is 0.831. The highest BCUT2D eigenvalue weighted by Crippen LogP contribution is 2.38. The minimum atomic E-state index is -1.05. The van der Waals surface area contributed by atoms with E-state index in [9.17, 15) is 28.7 Å². The molecule has 4 aromatic carbocycles. The third kappa shape index (κ3) is 11.1. The number of carbonyl (C=O) groups excluding carboxylic acids is 4. The molecule has 354 valence electrons. The van der Waals surface area contributed by atoms with Gasteiger partial charge in [-0.25, -0.2) is 9.37 Å². The molecule has 4 amide bonds. The predicted octanol–water partition coefficient (Wildman–Crippen LogP) is 6.92. The molecule has 17 heteroatoms. The number of nitriles is 1. The highest BCUT2D eigenvalue weighted by atomic mass is 32.1. The first kappa shape index (κ1) is 48.9. The maximum absolute atomic E-state index is 14.5. The summed E-state index contributed by atoms with van der Waals surface area (Å²) in [6.07, 6.45) is 3.45. The molecule has 3 N–H and O–H groups in total. The number of unbranched alkanes of at least 4 members (excludes halogenated alkanes) is 1. The van der Waals surface area contributed by atoms with Gasteiger partial charge in [0.2, 0.25) is 17.7 Å². The number of nitrogens with one attached hydrogen (secondary N) is 2. The summed E-state index contributed by atoms with van der Waals surface area (Å²) in [5.41, 5.74) is 2.62. The largest absolute Gasteiger partial charge is 0.494 e. The maximum atomic E-state index is 14.5. The van der Waals surface area contributed by atoms with Crippen molar-refractivity contribution < 1.29 is 42.6 Å². The van der Waals surface area contributed by atoms with Gasteiger partial charge < -0.3 is 39.4 Å².